The molecule has 0 radical (unpaired) electrons. The van der Waals surface area contributed by atoms with E-state index in [2.05, 4.69) is 6.07 Å². The molecule has 3 aromatic rings. The van der Waals surface area contributed by atoms with Gasteiger partial charge in [-0.25, -0.2) is 0 Å². The molecular weight excluding hydrogens is 527 g/mol. The first kappa shape index (κ1) is 28.0. The van der Waals surface area contributed by atoms with Crippen LogP contribution in [0.15, 0.2) is 83.3 Å². The van der Waals surface area contributed by atoms with Crippen molar-refractivity contribution in [1.29, 1.82) is 5.26 Å². The van der Waals surface area contributed by atoms with E-state index in [1.165, 1.54) is 23.1 Å². The van der Waals surface area contributed by atoms with Crippen LogP contribution in [0.1, 0.15) is 58.6 Å². The second-order valence-electron chi connectivity index (χ2n) is 10.6. The zero-order valence-electron chi connectivity index (χ0n) is 23.1. The molecule has 0 spiro atoms. The van der Waals surface area contributed by atoms with E-state index < -0.39 is 17.7 Å². The average Bonchev–Trinajstić information content (AvgIpc) is 2.93. The summed E-state index contributed by atoms with van der Waals surface area (Å²) in [7, 11) is 0. The molecule has 0 fully saturated rings. The maximum Gasteiger partial charge on any atom is 0.418 e. The Kier molecular flexibility index (Phi) is 7.39. The number of para-hydroxylation sites is 1. The lowest BCUT2D eigenvalue weighted by atomic mass is 9.73. The van der Waals surface area contributed by atoms with Gasteiger partial charge >= 0.3 is 6.18 Å². The Morgan fingerprint density at radius 1 is 1.02 bits per heavy atom. The number of alkyl halides is 3. The number of allylic oxidation sites excluding steroid dienone is 3. The molecule has 8 heteroatoms. The molecule has 210 valence electrons. The highest BCUT2D eigenvalue weighted by Gasteiger charge is 2.43. The third kappa shape index (κ3) is 5.20. The van der Waals surface area contributed by atoms with Crippen molar-refractivity contribution >= 4 is 11.5 Å². The standard InChI is InChI=1S/C33H30F3N3O2/c1-19-11-13-23(14-12-19)41-18-22-15-20(2)16-24(21(22)3)30-25(17-37)32(38)39(28-9-6-10-29(40)31(28)30)27-8-5-4-7-26(27)33(34,35)36/h4-5,7-8,11-16,30H,6,9-10,18,38H2,1-3H3. The van der Waals surface area contributed by atoms with Gasteiger partial charge < -0.3 is 10.5 Å². The van der Waals surface area contributed by atoms with Crippen molar-refractivity contribution in [2.45, 2.75) is 58.7 Å². The highest BCUT2D eigenvalue weighted by Crippen LogP contribution is 2.49. The summed E-state index contributed by atoms with van der Waals surface area (Å²) in [6, 6.07) is 18.9. The number of nitrogens with two attached hydrogens (primary N) is 1. The van der Waals surface area contributed by atoms with Gasteiger partial charge in [0.2, 0.25) is 0 Å². The van der Waals surface area contributed by atoms with E-state index in [0.717, 1.165) is 33.9 Å². The number of ketones is 1. The fourth-order valence-electron chi connectivity index (χ4n) is 5.79. The minimum absolute atomic E-state index is 0.0510. The molecule has 0 amide bonds. The number of carbonyl (C=O) groups excluding carboxylic acids is 1. The van der Waals surface area contributed by atoms with E-state index >= 15 is 0 Å². The molecule has 1 aliphatic carbocycles. The summed E-state index contributed by atoms with van der Waals surface area (Å²) < 4.78 is 48.2. The van der Waals surface area contributed by atoms with Crippen LogP contribution in [0, 0.1) is 32.1 Å². The van der Waals surface area contributed by atoms with Crippen molar-refractivity contribution in [3.63, 3.8) is 0 Å². The van der Waals surface area contributed by atoms with Gasteiger partial charge in [-0.15, -0.1) is 0 Å². The van der Waals surface area contributed by atoms with Crippen LogP contribution in [0.4, 0.5) is 18.9 Å². The molecule has 1 unspecified atom stereocenters. The number of ether oxygens (including phenoxy) is 1. The van der Waals surface area contributed by atoms with E-state index in [-0.39, 0.29) is 35.9 Å². The predicted octanol–water partition coefficient (Wildman–Crippen LogP) is 7.51. The van der Waals surface area contributed by atoms with E-state index in [4.69, 9.17) is 10.5 Å². The fraction of sp³-hybridized carbons (Fsp3) is 0.273. The van der Waals surface area contributed by atoms with Gasteiger partial charge in [-0.05, 0) is 74.6 Å². The molecule has 5 nitrogen and oxygen atoms in total. The number of Topliss-reactive ketones (excluding diaryl/α,β-unsaturated/α-hetero) is 1. The van der Waals surface area contributed by atoms with Crippen LogP contribution >= 0.6 is 0 Å². The molecule has 0 aromatic heterocycles. The van der Waals surface area contributed by atoms with Gasteiger partial charge in [0.15, 0.2) is 5.78 Å². The summed E-state index contributed by atoms with van der Waals surface area (Å²) in [5.74, 6) is -0.371. The number of hydrogen-bond donors (Lipinski definition) is 1. The van der Waals surface area contributed by atoms with Crippen LogP contribution in [0.5, 0.6) is 5.75 Å². The van der Waals surface area contributed by atoms with Crippen molar-refractivity contribution in [2.75, 3.05) is 4.90 Å². The summed E-state index contributed by atoms with van der Waals surface area (Å²) in [4.78, 5) is 14.8. The van der Waals surface area contributed by atoms with Crippen molar-refractivity contribution in [3.8, 4) is 11.8 Å². The molecule has 41 heavy (non-hydrogen) atoms. The van der Waals surface area contributed by atoms with Crippen LogP contribution < -0.4 is 15.4 Å². The van der Waals surface area contributed by atoms with Crippen molar-refractivity contribution in [2.24, 2.45) is 5.73 Å². The van der Waals surface area contributed by atoms with Crippen molar-refractivity contribution in [3.05, 3.63) is 117 Å². The molecular formula is C33H30F3N3O2. The minimum Gasteiger partial charge on any atom is -0.489 e. The van der Waals surface area contributed by atoms with Crippen LogP contribution in [-0.4, -0.2) is 5.78 Å². The smallest absolute Gasteiger partial charge is 0.418 e. The molecule has 2 N–H and O–H groups in total. The van der Waals surface area contributed by atoms with Gasteiger partial charge in [-0.1, -0.05) is 47.5 Å². The van der Waals surface area contributed by atoms with Gasteiger partial charge in [0.25, 0.3) is 0 Å². The lowest BCUT2D eigenvalue weighted by molar-refractivity contribution is -0.137. The number of carbonyl (C=O) groups is 1. The van der Waals surface area contributed by atoms with E-state index in [9.17, 15) is 23.2 Å². The summed E-state index contributed by atoms with van der Waals surface area (Å²) in [5.41, 5.74) is 10.8. The fourth-order valence-corrected chi connectivity index (χ4v) is 5.79. The Hall–Kier alpha value is -4.51. The lowest BCUT2D eigenvalue weighted by Crippen LogP contribution is -2.39. The molecule has 3 aromatic carbocycles. The number of rotatable bonds is 5. The number of anilines is 1. The summed E-state index contributed by atoms with van der Waals surface area (Å²) in [5, 5.41) is 10.4. The lowest BCUT2D eigenvalue weighted by Gasteiger charge is -2.41. The zero-order chi connectivity index (χ0) is 29.5. The highest BCUT2D eigenvalue weighted by molar-refractivity contribution is 6.01. The first-order valence-electron chi connectivity index (χ1n) is 13.4. The molecule has 0 saturated heterocycles. The van der Waals surface area contributed by atoms with Crippen LogP contribution in [0.3, 0.4) is 0 Å². The summed E-state index contributed by atoms with van der Waals surface area (Å²) in [6.07, 6.45) is -3.57. The summed E-state index contributed by atoms with van der Waals surface area (Å²) in [6.45, 7) is 6.09. The van der Waals surface area contributed by atoms with Crippen molar-refractivity contribution in [1.82, 2.24) is 0 Å². The number of aryl methyl sites for hydroxylation is 2. The Morgan fingerprint density at radius 2 is 1.73 bits per heavy atom. The van der Waals surface area contributed by atoms with E-state index in [0.29, 0.717) is 29.9 Å². The molecule has 0 saturated carbocycles. The van der Waals surface area contributed by atoms with E-state index in [1.807, 2.05) is 57.2 Å². The van der Waals surface area contributed by atoms with Gasteiger partial charge in [-0.2, -0.15) is 18.4 Å². The number of benzene rings is 3. The van der Waals surface area contributed by atoms with Gasteiger partial charge in [-0.3, -0.25) is 9.69 Å². The molecule has 1 heterocycles. The number of nitriles is 1. The highest BCUT2D eigenvalue weighted by atomic mass is 19.4. The number of hydrogen-bond acceptors (Lipinski definition) is 5. The van der Waals surface area contributed by atoms with Crippen molar-refractivity contribution < 1.29 is 22.7 Å². The minimum atomic E-state index is -4.65. The predicted molar refractivity (Wildman–Crippen MR) is 151 cm³/mol. The van der Waals surface area contributed by atoms with Gasteiger partial charge in [0.05, 0.1) is 28.8 Å². The second-order valence-corrected chi connectivity index (χ2v) is 10.6. The molecule has 0 bridgehead atoms. The largest absolute Gasteiger partial charge is 0.489 e. The first-order chi connectivity index (χ1) is 19.5. The SMILES string of the molecule is Cc1ccc(OCc2cc(C)cc(C3C(C#N)=C(N)N(c4ccccc4C(F)(F)F)C4=C3C(=O)CCC4)c2C)cc1. The van der Waals surface area contributed by atoms with E-state index in [1.54, 1.807) is 0 Å². The van der Waals surface area contributed by atoms with Crippen LogP contribution in [0.2, 0.25) is 0 Å². The molecule has 5 rings (SSSR count). The Bertz CT molecular complexity index is 1630. The Morgan fingerprint density at radius 3 is 2.41 bits per heavy atom. The number of halogens is 3. The quantitative estimate of drug-likeness (QED) is 0.351. The maximum absolute atomic E-state index is 14.1. The zero-order valence-corrected chi connectivity index (χ0v) is 23.1. The average molecular weight is 558 g/mol. The Labute approximate surface area is 237 Å². The van der Waals surface area contributed by atoms with Crippen LogP contribution in [0.25, 0.3) is 0 Å². The molecule has 1 aliphatic heterocycles. The molecule has 1 atom stereocenters. The van der Waals surface area contributed by atoms with Gasteiger partial charge in [0, 0.05) is 17.7 Å². The monoisotopic (exact) mass is 557 g/mol. The Balaban J connectivity index is 1.66. The third-order valence-corrected chi connectivity index (χ3v) is 7.79. The maximum atomic E-state index is 14.1. The molecule has 2 aliphatic rings. The summed E-state index contributed by atoms with van der Waals surface area (Å²) >= 11 is 0. The first-order valence-corrected chi connectivity index (χ1v) is 13.4. The topological polar surface area (TPSA) is 79.3 Å². The van der Waals surface area contributed by atoms with Crippen LogP contribution in [-0.2, 0) is 17.6 Å². The second kappa shape index (κ2) is 10.8. The normalized spacial score (nSPS) is 17.4. The third-order valence-electron chi connectivity index (χ3n) is 7.79. The number of nitrogens with zero attached hydrogens (tertiary/aromatic N) is 2. The van der Waals surface area contributed by atoms with Gasteiger partial charge in [0.1, 0.15) is 18.2 Å².